The molecule has 2 rings (SSSR count). The maximum atomic E-state index is 11.9. The van der Waals surface area contributed by atoms with E-state index in [4.69, 9.17) is 4.74 Å². The number of carboxylic acid groups (broad SMARTS) is 1. The van der Waals surface area contributed by atoms with Crippen molar-refractivity contribution in [2.45, 2.75) is 45.8 Å². The van der Waals surface area contributed by atoms with Gasteiger partial charge in [0, 0.05) is 0 Å². The van der Waals surface area contributed by atoms with Crippen molar-refractivity contribution in [1.29, 1.82) is 0 Å². The van der Waals surface area contributed by atoms with Gasteiger partial charge in [-0.3, -0.25) is 0 Å². The molecule has 23 heavy (non-hydrogen) atoms. The van der Waals surface area contributed by atoms with E-state index in [1.165, 1.54) is 0 Å². The summed E-state index contributed by atoms with van der Waals surface area (Å²) in [4.78, 5) is 23.4. The fraction of sp³-hybridized carbons (Fsp3) is 0.556. The summed E-state index contributed by atoms with van der Waals surface area (Å²) < 4.78 is 5.13. The van der Waals surface area contributed by atoms with Crippen LogP contribution in [0.15, 0.2) is 30.3 Å². The van der Waals surface area contributed by atoms with Gasteiger partial charge >= 0.3 is 12.1 Å². The number of aliphatic carboxylic acids is 1. The molecule has 0 spiro atoms. The summed E-state index contributed by atoms with van der Waals surface area (Å²) in [5.41, 5.74) is 0.870. The zero-order valence-corrected chi connectivity index (χ0v) is 13.7. The zero-order chi connectivity index (χ0) is 16.8. The Morgan fingerprint density at radius 1 is 1.22 bits per heavy atom. The van der Waals surface area contributed by atoms with Crippen LogP contribution in [0.25, 0.3) is 0 Å². The quantitative estimate of drug-likeness (QED) is 0.871. The van der Waals surface area contributed by atoms with E-state index in [2.05, 4.69) is 19.2 Å². The van der Waals surface area contributed by atoms with Crippen LogP contribution in [-0.4, -0.2) is 23.2 Å². The van der Waals surface area contributed by atoms with Crippen molar-refractivity contribution in [3.8, 4) is 0 Å². The number of ether oxygens (including phenoxy) is 1. The highest BCUT2D eigenvalue weighted by Gasteiger charge is 2.35. The summed E-state index contributed by atoms with van der Waals surface area (Å²) in [6.45, 7) is 4.47. The average Bonchev–Trinajstić information content (AvgIpc) is 2.54. The van der Waals surface area contributed by atoms with Gasteiger partial charge < -0.3 is 15.2 Å². The van der Waals surface area contributed by atoms with Gasteiger partial charge in [-0.1, -0.05) is 50.6 Å². The first kappa shape index (κ1) is 17.3. The number of rotatable bonds is 5. The molecule has 1 fully saturated rings. The Morgan fingerprint density at radius 3 is 2.52 bits per heavy atom. The van der Waals surface area contributed by atoms with Crippen molar-refractivity contribution < 1.29 is 19.4 Å². The fourth-order valence-electron chi connectivity index (χ4n) is 3.16. The normalized spacial score (nSPS) is 25.4. The lowest BCUT2D eigenvalue weighted by atomic mass is 9.73. The maximum Gasteiger partial charge on any atom is 0.408 e. The number of amides is 1. The van der Waals surface area contributed by atoms with Crippen LogP contribution in [0.3, 0.4) is 0 Å². The van der Waals surface area contributed by atoms with Gasteiger partial charge in [-0.25, -0.2) is 9.59 Å². The van der Waals surface area contributed by atoms with Crippen molar-refractivity contribution in [2.75, 3.05) is 0 Å². The first-order valence-electron chi connectivity index (χ1n) is 8.17. The van der Waals surface area contributed by atoms with Gasteiger partial charge in [0.15, 0.2) is 0 Å². The minimum absolute atomic E-state index is 0.0389. The number of carbonyl (C=O) groups is 2. The molecule has 1 aromatic carbocycles. The lowest BCUT2D eigenvalue weighted by molar-refractivity contribution is -0.141. The number of carbonyl (C=O) groups excluding carboxylic acids is 1. The van der Waals surface area contributed by atoms with E-state index < -0.39 is 18.1 Å². The molecule has 0 saturated heterocycles. The highest BCUT2D eigenvalue weighted by atomic mass is 16.5. The Bertz CT molecular complexity index is 531. The molecule has 2 N–H and O–H groups in total. The van der Waals surface area contributed by atoms with E-state index in [-0.39, 0.29) is 12.5 Å². The first-order chi connectivity index (χ1) is 11.0. The monoisotopic (exact) mass is 319 g/mol. The van der Waals surface area contributed by atoms with Crippen LogP contribution in [0.4, 0.5) is 4.79 Å². The van der Waals surface area contributed by atoms with Crippen LogP contribution < -0.4 is 5.32 Å². The van der Waals surface area contributed by atoms with Crippen LogP contribution in [0.2, 0.25) is 0 Å². The largest absolute Gasteiger partial charge is 0.480 e. The van der Waals surface area contributed by atoms with Gasteiger partial charge in [0.25, 0.3) is 0 Å². The van der Waals surface area contributed by atoms with Gasteiger partial charge in [-0.2, -0.15) is 0 Å². The molecule has 1 saturated carbocycles. The molecule has 0 heterocycles. The van der Waals surface area contributed by atoms with Crippen LogP contribution in [-0.2, 0) is 16.1 Å². The predicted octanol–water partition coefficient (Wildman–Crippen LogP) is 3.44. The lowest BCUT2D eigenvalue weighted by Crippen LogP contribution is -2.47. The molecule has 0 aliphatic heterocycles. The molecular formula is C18H25NO4. The number of carboxylic acids is 1. The fourth-order valence-corrected chi connectivity index (χ4v) is 3.16. The second-order valence-corrected chi connectivity index (χ2v) is 6.55. The highest BCUT2D eigenvalue weighted by Crippen LogP contribution is 2.35. The molecule has 5 nitrogen and oxygen atoms in total. The van der Waals surface area contributed by atoms with Gasteiger partial charge in [-0.15, -0.1) is 0 Å². The van der Waals surface area contributed by atoms with E-state index in [0.29, 0.717) is 11.8 Å². The number of alkyl carbamates (subject to hydrolysis) is 1. The van der Waals surface area contributed by atoms with Gasteiger partial charge in [0.1, 0.15) is 12.6 Å². The number of hydrogen-bond acceptors (Lipinski definition) is 3. The zero-order valence-electron chi connectivity index (χ0n) is 13.7. The third-order valence-corrected chi connectivity index (χ3v) is 4.86. The Kier molecular flexibility index (Phi) is 6.02. The Balaban J connectivity index is 1.89. The molecule has 126 valence electrons. The summed E-state index contributed by atoms with van der Waals surface area (Å²) in [6, 6.07) is 8.43. The van der Waals surface area contributed by atoms with Crippen molar-refractivity contribution in [1.82, 2.24) is 5.32 Å². The Labute approximate surface area is 137 Å². The van der Waals surface area contributed by atoms with Gasteiger partial charge in [0.05, 0.1) is 0 Å². The first-order valence-corrected chi connectivity index (χ1v) is 8.17. The average molecular weight is 319 g/mol. The molecule has 4 atom stereocenters. The molecule has 0 bridgehead atoms. The van der Waals surface area contributed by atoms with E-state index in [9.17, 15) is 14.7 Å². The number of benzene rings is 1. The molecular weight excluding hydrogens is 294 g/mol. The minimum Gasteiger partial charge on any atom is -0.480 e. The summed E-state index contributed by atoms with van der Waals surface area (Å²) in [5, 5.41) is 12.0. The SMILES string of the molecule is CC1CCC(C(NC(=O)OCc2ccccc2)C(=O)O)CC1C. The van der Waals surface area contributed by atoms with Crippen LogP contribution in [0, 0.1) is 17.8 Å². The second-order valence-electron chi connectivity index (χ2n) is 6.55. The molecule has 4 unspecified atom stereocenters. The van der Waals surface area contributed by atoms with Crippen molar-refractivity contribution >= 4 is 12.1 Å². The summed E-state index contributed by atoms with van der Waals surface area (Å²) in [6.07, 6.45) is 1.96. The topological polar surface area (TPSA) is 75.6 Å². The molecule has 1 aromatic rings. The number of nitrogens with one attached hydrogen (secondary N) is 1. The van der Waals surface area contributed by atoms with Crippen LogP contribution >= 0.6 is 0 Å². The molecule has 0 radical (unpaired) electrons. The van der Waals surface area contributed by atoms with E-state index in [1.54, 1.807) is 0 Å². The van der Waals surface area contributed by atoms with E-state index in [0.717, 1.165) is 24.8 Å². The molecule has 1 aliphatic rings. The van der Waals surface area contributed by atoms with Crippen molar-refractivity contribution in [2.24, 2.45) is 17.8 Å². The van der Waals surface area contributed by atoms with Gasteiger partial charge in [0.2, 0.25) is 0 Å². The minimum atomic E-state index is -0.992. The van der Waals surface area contributed by atoms with Crippen LogP contribution in [0.5, 0.6) is 0 Å². The summed E-state index contributed by atoms with van der Waals surface area (Å²) >= 11 is 0. The number of hydrogen-bond donors (Lipinski definition) is 2. The van der Waals surface area contributed by atoms with E-state index in [1.807, 2.05) is 30.3 Å². The molecule has 0 aromatic heterocycles. The maximum absolute atomic E-state index is 11.9. The highest BCUT2D eigenvalue weighted by molar-refractivity contribution is 5.80. The molecule has 1 aliphatic carbocycles. The standard InChI is InChI=1S/C18H25NO4/c1-12-8-9-15(10-13(12)2)16(17(20)21)19-18(22)23-11-14-6-4-3-5-7-14/h3-7,12-13,15-16H,8-11H2,1-2H3,(H,19,22)(H,20,21). The summed E-state index contributed by atoms with van der Waals surface area (Å²) in [7, 11) is 0. The molecule has 1 amide bonds. The van der Waals surface area contributed by atoms with E-state index >= 15 is 0 Å². The Morgan fingerprint density at radius 2 is 1.91 bits per heavy atom. The smallest absolute Gasteiger partial charge is 0.408 e. The lowest BCUT2D eigenvalue weighted by Gasteiger charge is -2.35. The van der Waals surface area contributed by atoms with Crippen molar-refractivity contribution in [3.05, 3.63) is 35.9 Å². The third-order valence-electron chi connectivity index (χ3n) is 4.86. The Hall–Kier alpha value is -2.04. The second kappa shape index (κ2) is 7.99. The molecule has 5 heteroatoms. The van der Waals surface area contributed by atoms with Crippen LogP contribution in [0.1, 0.15) is 38.7 Å². The third kappa shape index (κ3) is 4.98. The predicted molar refractivity (Wildman–Crippen MR) is 86.9 cm³/mol. The van der Waals surface area contributed by atoms with Crippen molar-refractivity contribution in [3.63, 3.8) is 0 Å². The van der Waals surface area contributed by atoms with Gasteiger partial charge in [-0.05, 0) is 36.2 Å². The summed E-state index contributed by atoms with van der Waals surface area (Å²) in [5.74, 6) is 0.0415.